The highest BCUT2D eigenvalue weighted by Gasteiger charge is 2.24. The first kappa shape index (κ1) is 18.6. The summed E-state index contributed by atoms with van der Waals surface area (Å²) in [7, 11) is -1.23. The fourth-order valence-electron chi connectivity index (χ4n) is 2.60. The van der Waals surface area contributed by atoms with Crippen molar-refractivity contribution in [3.63, 3.8) is 0 Å². The van der Waals surface area contributed by atoms with E-state index in [1.54, 1.807) is 12.3 Å². The van der Waals surface area contributed by atoms with Gasteiger partial charge in [0.05, 0.1) is 32.6 Å². The Bertz CT molecular complexity index is 954. The highest BCUT2D eigenvalue weighted by molar-refractivity contribution is 7.84. The standard InChI is InChI=1S/C20H22FN3OS/c1-13(24-26(25)20(2,3)4)16-11-14-8-9-15(21)12-18(14)23-19(16)17-7-5-6-10-22-17/h5-13,24H,1-4H3/t13-,26+/m0/s1. The molecule has 26 heavy (non-hydrogen) atoms. The van der Waals surface area contributed by atoms with Gasteiger partial charge in [-0.15, -0.1) is 0 Å². The maximum absolute atomic E-state index is 13.6. The van der Waals surface area contributed by atoms with Gasteiger partial charge in [0.15, 0.2) is 0 Å². The second-order valence-corrected chi connectivity index (χ2v) is 9.20. The van der Waals surface area contributed by atoms with E-state index in [2.05, 4.69) is 14.7 Å². The van der Waals surface area contributed by atoms with Gasteiger partial charge >= 0.3 is 0 Å². The molecule has 0 bridgehead atoms. The SMILES string of the molecule is C[C@H](N[S@](=O)C(C)(C)C)c1cc2ccc(F)cc2nc1-c1ccccn1. The number of fused-ring (bicyclic) bond motifs is 1. The largest absolute Gasteiger partial charge is 0.255 e. The van der Waals surface area contributed by atoms with E-state index in [0.717, 1.165) is 10.9 Å². The van der Waals surface area contributed by atoms with E-state index in [-0.39, 0.29) is 16.6 Å². The van der Waals surface area contributed by atoms with Crippen molar-refractivity contribution in [2.75, 3.05) is 0 Å². The van der Waals surface area contributed by atoms with Crippen LogP contribution in [0.5, 0.6) is 0 Å². The third kappa shape index (κ3) is 3.97. The number of halogens is 1. The Morgan fingerprint density at radius 3 is 2.58 bits per heavy atom. The van der Waals surface area contributed by atoms with Crippen LogP contribution >= 0.6 is 0 Å². The van der Waals surface area contributed by atoms with E-state index in [0.29, 0.717) is 16.9 Å². The van der Waals surface area contributed by atoms with Crippen LogP contribution in [0.1, 0.15) is 39.3 Å². The monoisotopic (exact) mass is 371 g/mol. The van der Waals surface area contributed by atoms with Crippen molar-refractivity contribution in [1.82, 2.24) is 14.7 Å². The molecule has 6 heteroatoms. The topological polar surface area (TPSA) is 54.9 Å². The first-order valence-corrected chi connectivity index (χ1v) is 9.60. The second kappa shape index (κ2) is 7.21. The number of rotatable bonds is 4. The van der Waals surface area contributed by atoms with Crippen LogP contribution in [0, 0.1) is 5.82 Å². The van der Waals surface area contributed by atoms with E-state index in [9.17, 15) is 8.60 Å². The molecule has 1 aromatic carbocycles. The van der Waals surface area contributed by atoms with Crippen LogP contribution in [0.3, 0.4) is 0 Å². The summed E-state index contributed by atoms with van der Waals surface area (Å²) in [6.07, 6.45) is 1.70. The molecule has 2 aromatic heterocycles. The minimum Gasteiger partial charge on any atom is -0.255 e. The first-order valence-electron chi connectivity index (χ1n) is 8.45. The van der Waals surface area contributed by atoms with Crippen LogP contribution < -0.4 is 4.72 Å². The predicted molar refractivity (Wildman–Crippen MR) is 104 cm³/mol. The number of nitrogens with one attached hydrogen (secondary N) is 1. The minimum atomic E-state index is -1.23. The summed E-state index contributed by atoms with van der Waals surface area (Å²) in [4.78, 5) is 9.04. The minimum absolute atomic E-state index is 0.214. The van der Waals surface area contributed by atoms with Gasteiger partial charge in [-0.05, 0) is 63.6 Å². The molecule has 0 amide bonds. The van der Waals surface area contributed by atoms with Gasteiger partial charge in [-0.2, -0.15) is 0 Å². The Balaban J connectivity index is 2.13. The number of pyridine rings is 2. The number of hydrogen-bond donors (Lipinski definition) is 1. The number of benzene rings is 1. The Labute approximate surface area is 155 Å². The number of nitrogens with zero attached hydrogens (tertiary/aromatic N) is 2. The smallest absolute Gasteiger partial charge is 0.125 e. The Hall–Kier alpha value is -2.18. The van der Waals surface area contributed by atoms with Crippen molar-refractivity contribution in [2.24, 2.45) is 0 Å². The zero-order valence-electron chi connectivity index (χ0n) is 15.3. The molecular weight excluding hydrogens is 349 g/mol. The molecule has 0 saturated carbocycles. The molecule has 2 heterocycles. The zero-order chi connectivity index (χ0) is 18.9. The molecule has 0 spiro atoms. The normalized spacial score (nSPS) is 14.3. The van der Waals surface area contributed by atoms with E-state index >= 15 is 0 Å². The van der Waals surface area contributed by atoms with Crippen LogP contribution in [0.15, 0.2) is 48.7 Å². The highest BCUT2D eigenvalue weighted by atomic mass is 32.2. The molecule has 3 aromatic rings. The van der Waals surface area contributed by atoms with Crippen LogP contribution in [-0.2, 0) is 11.0 Å². The van der Waals surface area contributed by atoms with Gasteiger partial charge in [0.1, 0.15) is 5.82 Å². The van der Waals surface area contributed by atoms with E-state index in [1.165, 1.54) is 12.1 Å². The van der Waals surface area contributed by atoms with Crippen LogP contribution in [-0.4, -0.2) is 18.9 Å². The third-order valence-electron chi connectivity index (χ3n) is 4.02. The zero-order valence-corrected chi connectivity index (χ0v) is 16.1. The third-order valence-corrected chi connectivity index (χ3v) is 5.70. The second-order valence-electron chi connectivity index (χ2n) is 7.20. The summed E-state index contributed by atoms with van der Waals surface area (Å²) in [6, 6.07) is 11.9. The summed E-state index contributed by atoms with van der Waals surface area (Å²) in [5.41, 5.74) is 2.80. The molecule has 0 aliphatic heterocycles. The fraction of sp³-hybridized carbons (Fsp3) is 0.300. The fourth-order valence-corrected chi connectivity index (χ4v) is 3.40. The van der Waals surface area contributed by atoms with Crippen molar-refractivity contribution in [3.05, 3.63) is 60.0 Å². The van der Waals surface area contributed by atoms with E-state index in [1.807, 2.05) is 52.0 Å². The van der Waals surface area contributed by atoms with Crippen molar-refractivity contribution < 1.29 is 8.60 Å². The lowest BCUT2D eigenvalue weighted by molar-refractivity contribution is 0.616. The lowest BCUT2D eigenvalue weighted by Gasteiger charge is -2.23. The van der Waals surface area contributed by atoms with Crippen molar-refractivity contribution in [2.45, 2.75) is 38.5 Å². The van der Waals surface area contributed by atoms with Crippen LogP contribution in [0.2, 0.25) is 0 Å². The highest BCUT2D eigenvalue weighted by Crippen LogP contribution is 2.30. The van der Waals surface area contributed by atoms with E-state index in [4.69, 9.17) is 0 Å². The van der Waals surface area contributed by atoms with Crippen LogP contribution in [0.4, 0.5) is 4.39 Å². The van der Waals surface area contributed by atoms with Gasteiger partial charge in [-0.1, -0.05) is 6.07 Å². The molecule has 0 saturated heterocycles. The molecule has 3 rings (SSSR count). The van der Waals surface area contributed by atoms with Gasteiger partial charge in [-0.3, -0.25) is 4.98 Å². The molecule has 2 atom stereocenters. The number of hydrogen-bond acceptors (Lipinski definition) is 3. The Kier molecular flexibility index (Phi) is 5.16. The molecule has 0 unspecified atom stereocenters. The molecule has 1 N–H and O–H groups in total. The van der Waals surface area contributed by atoms with E-state index < -0.39 is 11.0 Å². The number of aromatic nitrogens is 2. The molecule has 0 aliphatic rings. The summed E-state index contributed by atoms with van der Waals surface area (Å²) in [5.74, 6) is -0.329. The molecule has 0 radical (unpaired) electrons. The van der Waals surface area contributed by atoms with Gasteiger partial charge in [0.2, 0.25) is 0 Å². The lowest BCUT2D eigenvalue weighted by atomic mass is 10.0. The maximum Gasteiger partial charge on any atom is 0.125 e. The summed E-state index contributed by atoms with van der Waals surface area (Å²) in [6.45, 7) is 7.71. The summed E-state index contributed by atoms with van der Waals surface area (Å²) in [5, 5.41) is 0.830. The first-order chi connectivity index (χ1) is 12.3. The summed E-state index contributed by atoms with van der Waals surface area (Å²) < 4.78 is 28.9. The lowest BCUT2D eigenvalue weighted by Crippen LogP contribution is -2.35. The van der Waals surface area contributed by atoms with Gasteiger partial charge in [0, 0.05) is 23.7 Å². The Morgan fingerprint density at radius 2 is 1.92 bits per heavy atom. The van der Waals surface area contributed by atoms with Gasteiger partial charge in [-0.25, -0.2) is 18.3 Å². The molecular formula is C20H22FN3OS. The maximum atomic E-state index is 13.6. The van der Waals surface area contributed by atoms with Gasteiger partial charge in [0.25, 0.3) is 0 Å². The predicted octanol–water partition coefficient (Wildman–Crippen LogP) is 4.55. The quantitative estimate of drug-likeness (QED) is 0.732. The van der Waals surface area contributed by atoms with Crippen LogP contribution in [0.25, 0.3) is 22.3 Å². The molecule has 4 nitrogen and oxygen atoms in total. The average molecular weight is 371 g/mol. The molecule has 136 valence electrons. The Morgan fingerprint density at radius 1 is 1.15 bits per heavy atom. The van der Waals surface area contributed by atoms with Crippen molar-refractivity contribution in [1.29, 1.82) is 0 Å². The molecule has 0 fully saturated rings. The van der Waals surface area contributed by atoms with Gasteiger partial charge < -0.3 is 0 Å². The van der Waals surface area contributed by atoms with Crippen molar-refractivity contribution in [3.8, 4) is 11.4 Å². The van der Waals surface area contributed by atoms with Crippen molar-refractivity contribution >= 4 is 21.9 Å². The molecule has 0 aliphatic carbocycles. The average Bonchev–Trinajstić information content (AvgIpc) is 2.60. The summed E-state index contributed by atoms with van der Waals surface area (Å²) >= 11 is 0.